The van der Waals surface area contributed by atoms with Gasteiger partial charge in [0.15, 0.2) is 6.10 Å². The van der Waals surface area contributed by atoms with E-state index in [2.05, 4.69) is 20.8 Å². The Morgan fingerprint density at radius 2 is 0.500 bits per heavy atom. The highest BCUT2D eigenvalue weighted by Gasteiger charge is 2.19. The Labute approximate surface area is 336 Å². The van der Waals surface area contributed by atoms with Crippen LogP contribution in [0, 0.1) is 0 Å². The van der Waals surface area contributed by atoms with Gasteiger partial charge in [0.1, 0.15) is 13.2 Å². The fourth-order valence-corrected chi connectivity index (χ4v) is 7.21. The Morgan fingerprint density at radius 3 is 0.741 bits per heavy atom. The summed E-state index contributed by atoms with van der Waals surface area (Å²) in [6, 6.07) is 0. The highest BCUT2D eigenvalue weighted by atomic mass is 16.6. The van der Waals surface area contributed by atoms with Gasteiger partial charge >= 0.3 is 17.9 Å². The molecule has 0 rings (SSSR count). The van der Waals surface area contributed by atoms with Gasteiger partial charge in [0.25, 0.3) is 0 Å². The fourth-order valence-electron chi connectivity index (χ4n) is 7.21. The summed E-state index contributed by atoms with van der Waals surface area (Å²) in [6.07, 6.45) is 45.1. The van der Waals surface area contributed by atoms with Crippen molar-refractivity contribution in [1.29, 1.82) is 0 Å². The summed E-state index contributed by atoms with van der Waals surface area (Å²) in [5.74, 6) is -0.848. The van der Waals surface area contributed by atoms with E-state index in [0.29, 0.717) is 19.3 Å². The number of rotatable bonds is 44. The lowest BCUT2D eigenvalue weighted by Crippen LogP contribution is -2.30. The van der Waals surface area contributed by atoms with Crippen molar-refractivity contribution in [3.63, 3.8) is 0 Å². The Balaban J connectivity index is 4.31. The molecule has 0 saturated carbocycles. The Hall–Kier alpha value is -1.59. The fraction of sp³-hybridized carbons (Fsp3) is 0.938. The van der Waals surface area contributed by atoms with Crippen LogP contribution >= 0.6 is 0 Å². The quantitative estimate of drug-likeness (QED) is 0.0349. The molecule has 0 spiro atoms. The first-order valence-electron chi connectivity index (χ1n) is 24.0. The number of ether oxygens (including phenoxy) is 3. The SMILES string of the molecule is CCCCCCCCCCCCCCCCC(=O)O[C@H](COC(=O)CCCCCCCCCCCC)COC(=O)CCCCCCCCCCCCCC. The molecule has 0 bridgehead atoms. The summed E-state index contributed by atoms with van der Waals surface area (Å²) in [7, 11) is 0. The highest BCUT2D eigenvalue weighted by molar-refractivity contribution is 5.71. The van der Waals surface area contributed by atoms with Gasteiger partial charge in [-0.2, -0.15) is 0 Å². The third-order valence-electron chi connectivity index (χ3n) is 10.9. The number of carbonyl (C=O) groups is 3. The summed E-state index contributed by atoms with van der Waals surface area (Å²) in [6.45, 7) is 6.65. The monoisotopic (exact) mass is 765 g/mol. The van der Waals surface area contributed by atoms with Crippen LogP contribution in [0.25, 0.3) is 0 Å². The molecule has 6 heteroatoms. The van der Waals surface area contributed by atoms with Gasteiger partial charge in [-0.1, -0.05) is 233 Å². The van der Waals surface area contributed by atoms with Crippen molar-refractivity contribution in [3.8, 4) is 0 Å². The Morgan fingerprint density at radius 1 is 0.296 bits per heavy atom. The van der Waals surface area contributed by atoms with Crippen LogP contribution in [-0.4, -0.2) is 37.2 Å². The molecule has 0 aliphatic carbocycles. The van der Waals surface area contributed by atoms with E-state index in [9.17, 15) is 14.4 Å². The van der Waals surface area contributed by atoms with E-state index in [1.807, 2.05) is 0 Å². The molecule has 0 amide bonds. The number of unbranched alkanes of at least 4 members (excludes halogenated alkanes) is 33. The molecule has 6 nitrogen and oxygen atoms in total. The molecule has 0 heterocycles. The first-order chi connectivity index (χ1) is 26.5. The van der Waals surface area contributed by atoms with Crippen molar-refractivity contribution < 1.29 is 28.6 Å². The van der Waals surface area contributed by atoms with Crippen molar-refractivity contribution >= 4 is 17.9 Å². The van der Waals surface area contributed by atoms with Crippen molar-refractivity contribution in [2.24, 2.45) is 0 Å². The lowest BCUT2D eigenvalue weighted by molar-refractivity contribution is -0.167. The Kier molecular flexibility index (Phi) is 42.8. The minimum atomic E-state index is -0.758. The van der Waals surface area contributed by atoms with Gasteiger partial charge in [-0.25, -0.2) is 0 Å². The smallest absolute Gasteiger partial charge is 0.306 e. The third kappa shape index (κ3) is 41.6. The summed E-state index contributed by atoms with van der Waals surface area (Å²) in [4.78, 5) is 37.7. The molecule has 320 valence electrons. The average molecular weight is 765 g/mol. The molecule has 0 radical (unpaired) electrons. The lowest BCUT2D eigenvalue weighted by Gasteiger charge is -2.18. The maximum absolute atomic E-state index is 12.7. The number of esters is 3. The van der Waals surface area contributed by atoms with E-state index in [1.54, 1.807) is 0 Å². The molecular formula is C48H92O6. The largest absolute Gasteiger partial charge is 0.462 e. The van der Waals surface area contributed by atoms with Crippen molar-refractivity contribution in [3.05, 3.63) is 0 Å². The van der Waals surface area contributed by atoms with Crippen LogP contribution in [0.4, 0.5) is 0 Å². The standard InChI is InChI=1S/C48H92O6/c1-4-7-10-13-16-19-22-24-25-27-30-33-36-39-42-48(51)54-45(43-52-46(49)40-37-34-31-28-21-18-15-12-9-6-3)44-53-47(50)41-38-35-32-29-26-23-20-17-14-11-8-5-2/h45H,4-44H2,1-3H3/t45-/m1/s1. The molecule has 54 heavy (non-hydrogen) atoms. The molecule has 0 unspecified atom stereocenters. The third-order valence-corrected chi connectivity index (χ3v) is 10.9. The molecule has 0 saturated heterocycles. The number of hydrogen-bond donors (Lipinski definition) is 0. The molecule has 0 N–H and O–H groups in total. The highest BCUT2D eigenvalue weighted by Crippen LogP contribution is 2.16. The molecule has 0 aliphatic heterocycles. The van der Waals surface area contributed by atoms with Gasteiger partial charge in [-0.3, -0.25) is 14.4 Å². The zero-order valence-corrected chi connectivity index (χ0v) is 36.5. The second-order valence-electron chi connectivity index (χ2n) is 16.4. The van der Waals surface area contributed by atoms with Crippen LogP contribution in [0.2, 0.25) is 0 Å². The second-order valence-corrected chi connectivity index (χ2v) is 16.4. The molecule has 0 aliphatic rings. The average Bonchev–Trinajstić information content (AvgIpc) is 3.17. The topological polar surface area (TPSA) is 78.9 Å². The first-order valence-corrected chi connectivity index (χ1v) is 24.0. The Bertz CT molecular complexity index is 798. The van der Waals surface area contributed by atoms with Crippen LogP contribution in [0.3, 0.4) is 0 Å². The molecule has 0 aromatic rings. The van der Waals surface area contributed by atoms with Crippen LogP contribution in [0.15, 0.2) is 0 Å². The minimum absolute atomic E-state index is 0.0624. The van der Waals surface area contributed by atoms with Gasteiger partial charge in [0, 0.05) is 19.3 Å². The summed E-state index contributed by atoms with van der Waals surface area (Å²) in [5, 5.41) is 0. The van der Waals surface area contributed by atoms with E-state index >= 15 is 0 Å². The first kappa shape index (κ1) is 52.4. The second kappa shape index (κ2) is 44.1. The van der Waals surface area contributed by atoms with Gasteiger partial charge in [-0.15, -0.1) is 0 Å². The van der Waals surface area contributed by atoms with Gasteiger partial charge in [-0.05, 0) is 19.3 Å². The summed E-state index contributed by atoms with van der Waals surface area (Å²) < 4.78 is 16.7. The van der Waals surface area contributed by atoms with E-state index in [-0.39, 0.29) is 31.1 Å². The van der Waals surface area contributed by atoms with Gasteiger partial charge < -0.3 is 14.2 Å². The molecule has 0 aromatic carbocycles. The number of hydrogen-bond acceptors (Lipinski definition) is 6. The van der Waals surface area contributed by atoms with Crippen LogP contribution < -0.4 is 0 Å². The van der Waals surface area contributed by atoms with Crippen LogP contribution in [-0.2, 0) is 28.6 Å². The molecule has 1 atom stereocenters. The van der Waals surface area contributed by atoms with Crippen LogP contribution in [0.1, 0.15) is 271 Å². The van der Waals surface area contributed by atoms with Crippen molar-refractivity contribution in [2.45, 2.75) is 277 Å². The predicted octanol–water partition coefficient (Wildman–Crippen LogP) is 15.3. The summed E-state index contributed by atoms with van der Waals surface area (Å²) in [5.41, 5.74) is 0. The van der Waals surface area contributed by atoms with Crippen molar-refractivity contribution in [2.75, 3.05) is 13.2 Å². The minimum Gasteiger partial charge on any atom is -0.462 e. The maximum atomic E-state index is 12.7. The van der Waals surface area contributed by atoms with Gasteiger partial charge in [0.2, 0.25) is 0 Å². The summed E-state index contributed by atoms with van der Waals surface area (Å²) >= 11 is 0. The van der Waals surface area contributed by atoms with Crippen LogP contribution in [0.5, 0.6) is 0 Å². The van der Waals surface area contributed by atoms with E-state index in [4.69, 9.17) is 14.2 Å². The normalized spacial score (nSPS) is 11.8. The predicted molar refractivity (Wildman–Crippen MR) is 229 cm³/mol. The molecular weight excluding hydrogens is 673 g/mol. The van der Waals surface area contributed by atoms with E-state index in [1.165, 1.54) is 173 Å². The molecule has 0 aromatic heterocycles. The van der Waals surface area contributed by atoms with E-state index in [0.717, 1.165) is 57.8 Å². The van der Waals surface area contributed by atoms with Gasteiger partial charge in [0.05, 0.1) is 0 Å². The number of carbonyl (C=O) groups excluding carboxylic acids is 3. The molecule has 0 fully saturated rings. The zero-order valence-electron chi connectivity index (χ0n) is 36.5. The van der Waals surface area contributed by atoms with E-state index < -0.39 is 6.10 Å². The van der Waals surface area contributed by atoms with Crippen molar-refractivity contribution in [1.82, 2.24) is 0 Å². The maximum Gasteiger partial charge on any atom is 0.306 e. The zero-order chi connectivity index (χ0) is 39.4. The lowest BCUT2D eigenvalue weighted by atomic mass is 10.0.